The van der Waals surface area contributed by atoms with Crippen LogP contribution in [0, 0.1) is 11.3 Å². The van der Waals surface area contributed by atoms with Crippen molar-refractivity contribution in [2.24, 2.45) is 0 Å². The fraction of sp³-hybridized carbons (Fsp3) is 0.500. The van der Waals surface area contributed by atoms with Crippen molar-refractivity contribution >= 4 is 11.8 Å². The molecule has 0 aromatic carbocycles. The Labute approximate surface area is 64.7 Å². The molecule has 0 saturated heterocycles. The van der Waals surface area contributed by atoms with E-state index in [1.165, 1.54) is 17.8 Å². The van der Waals surface area contributed by atoms with Crippen LogP contribution in [0.3, 0.4) is 0 Å². The molecule has 0 saturated carbocycles. The van der Waals surface area contributed by atoms with Crippen LogP contribution in [0.2, 0.25) is 0 Å². The van der Waals surface area contributed by atoms with Crippen LogP contribution < -0.4 is 5.32 Å². The number of allylic oxidation sites excluding steroid dienone is 1. The zero-order valence-electron chi connectivity index (χ0n) is 5.74. The summed E-state index contributed by atoms with van der Waals surface area (Å²) in [6.45, 7) is 0. The minimum atomic E-state index is -0.492. The lowest BCUT2D eigenvalue weighted by Crippen LogP contribution is -2.26. The van der Waals surface area contributed by atoms with Gasteiger partial charge >= 0.3 is 0 Å². The molecule has 0 spiro atoms. The van der Waals surface area contributed by atoms with Gasteiger partial charge in [0.15, 0.2) is 0 Å². The van der Waals surface area contributed by atoms with Crippen LogP contribution in [0.1, 0.15) is 0 Å². The summed E-state index contributed by atoms with van der Waals surface area (Å²) in [5.41, 5.74) is 0. The van der Waals surface area contributed by atoms with Gasteiger partial charge in [-0.3, -0.25) is 5.32 Å². The molecule has 0 fully saturated rings. The molecule has 0 aliphatic rings. The van der Waals surface area contributed by atoms with Crippen molar-refractivity contribution in [3.8, 4) is 6.07 Å². The topological polar surface area (TPSA) is 56.0 Å². The minimum absolute atomic E-state index is 0.492. The molecule has 0 aliphatic heterocycles. The fourth-order valence-corrected chi connectivity index (χ4v) is 0.926. The molecule has 1 atom stereocenters. The highest BCUT2D eigenvalue weighted by Crippen LogP contribution is 2.01. The standard InChI is InChI=1S/C6H10N2OS/c1-8-6(9)5-10-4-2-3-7/h2,4,6,8-9H,5H2,1H3/b4-2+. The van der Waals surface area contributed by atoms with E-state index in [1.54, 1.807) is 12.5 Å². The predicted molar refractivity (Wildman–Crippen MR) is 42.3 cm³/mol. The molecule has 56 valence electrons. The van der Waals surface area contributed by atoms with Gasteiger partial charge in [0.1, 0.15) is 6.23 Å². The van der Waals surface area contributed by atoms with Gasteiger partial charge in [-0.25, -0.2) is 0 Å². The molecular formula is C6H10N2OS. The molecule has 0 heterocycles. The van der Waals surface area contributed by atoms with Crippen molar-refractivity contribution in [3.63, 3.8) is 0 Å². The molecular weight excluding hydrogens is 148 g/mol. The van der Waals surface area contributed by atoms with Crippen molar-refractivity contribution in [1.82, 2.24) is 5.32 Å². The highest BCUT2D eigenvalue weighted by Gasteiger charge is 1.95. The highest BCUT2D eigenvalue weighted by molar-refractivity contribution is 8.02. The first-order valence-corrected chi connectivity index (χ1v) is 3.87. The maximum Gasteiger partial charge on any atom is 0.114 e. The van der Waals surface area contributed by atoms with Gasteiger partial charge < -0.3 is 5.11 Å². The molecule has 4 heteroatoms. The van der Waals surface area contributed by atoms with E-state index < -0.39 is 6.23 Å². The maximum absolute atomic E-state index is 8.91. The van der Waals surface area contributed by atoms with Gasteiger partial charge in [0.25, 0.3) is 0 Å². The molecule has 0 aromatic rings. The SMILES string of the molecule is CNC(O)CS/C=C/C#N. The second-order valence-electron chi connectivity index (χ2n) is 1.57. The van der Waals surface area contributed by atoms with Gasteiger partial charge in [-0.15, -0.1) is 11.8 Å². The van der Waals surface area contributed by atoms with E-state index in [4.69, 9.17) is 10.4 Å². The van der Waals surface area contributed by atoms with Crippen molar-refractivity contribution < 1.29 is 5.11 Å². The van der Waals surface area contributed by atoms with Crippen LogP contribution in [-0.2, 0) is 0 Å². The van der Waals surface area contributed by atoms with Gasteiger partial charge in [-0.2, -0.15) is 5.26 Å². The normalized spacial score (nSPS) is 13.3. The number of nitriles is 1. The summed E-state index contributed by atoms with van der Waals surface area (Å²) in [5, 5.41) is 21.3. The second-order valence-corrected chi connectivity index (χ2v) is 2.51. The zero-order valence-corrected chi connectivity index (χ0v) is 6.56. The molecule has 3 nitrogen and oxygen atoms in total. The third-order valence-electron chi connectivity index (χ3n) is 0.826. The van der Waals surface area contributed by atoms with Crippen LogP contribution >= 0.6 is 11.8 Å². The molecule has 2 N–H and O–H groups in total. The monoisotopic (exact) mass is 158 g/mol. The molecule has 10 heavy (non-hydrogen) atoms. The predicted octanol–water partition coefficient (Wildman–Crippen LogP) is 0.295. The Kier molecular flexibility index (Phi) is 6.29. The summed E-state index contributed by atoms with van der Waals surface area (Å²) in [4.78, 5) is 0. The van der Waals surface area contributed by atoms with Gasteiger partial charge in [0, 0.05) is 11.8 Å². The number of hydrogen-bond acceptors (Lipinski definition) is 4. The second kappa shape index (κ2) is 6.62. The van der Waals surface area contributed by atoms with Gasteiger partial charge in [0.2, 0.25) is 0 Å². The van der Waals surface area contributed by atoms with E-state index in [1.807, 2.05) is 6.07 Å². The van der Waals surface area contributed by atoms with Crippen LogP contribution in [0.15, 0.2) is 11.5 Å². The summed E-state index contributed by atoms with van der Waals surface area (Å²) in [6, 6.07) is 1.86. The summed E-state index contributed by atoms with van der Waals surface area (Å²) in [7, 11) is 1.68. The van der Waals surface area contributed by atoms with Gasteiger partial charge in [-0.05, 0) is 12.5 Å². The average molecular weight is 158 g/mol. The molecule has 0 radical (unpaired) electrons. The van der Waals surface area contributed by atoms with E-state index in [9.17, 15) is 0 Å². The molecule has 0 bridgehead atoms. The minimum Gasteiger partial charge on any atom is -0.378 e. The number of thioether (sulfide) groups is 1. The summed E-state index contributed by atoms with van der Waals surface area (Å²) in [5.74, 6) is 0.564. The Morgan fingerprint density at radius 1 is 1.90 bits per heavy atom. The van der Waals surface area contributed by atoms with Crippen LogP contribution in [0.4, 0.5) is 0 Å². The van der Waals surface area contributed by atoms with Crippen molar-refractivity contribution in [2.45, 2.75) is 6.23 Å². The van der Waals surface area contributed by atoms with E-state index in [0.717, 1.165) is 0 Å². The van der Waals surface area contributed by atoms with Crippen LogP contribution in [0.5, 0.6) is 0 Å². The Bertz CT molecular complexity index is 141. The maximum atomic E-state index is 8.91. The van der Waals surface area contributed by atoms with E-state index in [2.05, 4.69) is 5.32 Å². The first-order valence-electron chi connectivity index (χ1n) is 2.83. The number of nitrogens with one attached hydrogen (secondary N) is 1. The first-order chi connectivity index (χ1) is 4.81. The van der Waals surface area contributed by atoms with Crippen molar-refractivity contribution in [2.75, 3.05) is 12.8 Å². The molecule has 0 rings (SSSR count). The van der Waals surface area contributed by atoms with Crippen LogP contribution in [-0.4, -0.2) is 24.1 Å². The Morgan fingerprint density at radius 3 is 3.10 bits per heavy atom. The average Bonchev–Trinajstić information content (AvgIpc) is 1.98. The number of rotatable bonds is 4. The summed E-state index contributed by atoms with van der Waals surface area (Å²) >= 11 is 1.39. The highest BCUT2D eigenvalue weighted by atomic mass is 32.2. The quantitative estimate of drug-likeness (QED) is 0.456. The van der Waals surface area contributed by atoms with Crippen molar-refractivity contribution in [1.29, 1.82) is 5.26 Å². The lowest BCUT2D eigenvalue weighted by molar-refractivity contribution is 0.172. The van der Waals surface area contributed by atoms with Crippen molar-refractivity contribution in [3.05, 3.63) is 11.5 Å². The number of nitrogens with zero attached hydrogens (tertiary/aromatic N) is 1. The lowest BCUT2D eigenvalue weighted by atomic mass is 10.7. The molecule has 0 aromatic heterocycles. The van der Waals surface area contributed by atoms with Crippen LogP contribution in [0.25, 0.3) is 0 Å². The molecule has 1 unspecified atom stereocenters. The Morgan fingerprint density at radius 2 is 2.60 bits per heavy atom. The fourth-order valence-electron chi connectivity index (χ4n) is 0.309. The number of aliphatic hydroxyl groups excluding tert-OH is 1. The molecule has 0 amide bonds. The van der Waals surface area contributed by atoms with Gasteiger partial charge in [-0.1, -0.05) is 0 Å². The van der Waals surface area contributed by atoms with Gasteiger partial charge in [0.05, 0.1) is 6.07 Å². The third-order valence-corrected chi connectivity index (χ3v) is 1.66. The third kappa shape index (κ3) is 5.63. The number of aliphatic hydroxyl groups is 1. The van der Waals surface area contributed by atoms with E-state index in [-0.39, 0.29) is 0 Å². The summed E-state index contributed by atoms with van der Waals surface area (Å²) in [6.07, 6.45) is 0.890. The zero-order chi connectivity index (χ0) is 7.82. The largest absolute Gasteiger partial charge is 0.378 e. The molecule has 0 aliphatic carbocycles. The summed E-state index contributed by atoms with van der Waals surface area (Å²) < 4.78 is 0. The Hall–Kier alpha value is -0.500. The lowest BCUT2D eigenvalue weighted by Gasteiger charge is -2.04. The first kappa shape index (κ1) is 9.50. The van der Waals surface area contributed by atoms with E-state index in [0.29, 0.717) is 5.75 Å². The van der Waals surface area contributed by atoms with E-state index >= 15 is 0 Å². The Balaban J connectivity index is 3.21. The number of hydrogen-bond donors (Lipinski definition) is 2. The smallest absolute Gasteiger partial charge is 0.114 e.